The lowest BCUT2D eigenvalue weighted by Gasteiger charge is -2.07. The molecule has 2 aromatic rings. The van der Waals surface area contributed by atoms with Crippen LogP contribution in [0.5, 0.6) is 0 Å². The van der Waals surface area contributed by atoms with Gasteiger partial charge >= 0.3 is 0 Å². The molecule has 0 aliphatic carbocycles. The smallest absolute Gasteiger partial charge is 0.203 e. The molecule has 3 nitrogen and oxygen atoms in total. The van der Waals surface area contributed by atoms with E-state index in [1.807, 2.05) is 49.0 Å². The molecule has 2 rings (SSSR count). The number of hydrogen-bond acceptors (Lipinski definition) is 2. The van der Waals surface area contributed by atoms with Gasteiger partial charge in [0.1, 0.15) is 0 Å². The fourth-order valence-corrected chi connectivity index (χ4v) is 1.80. The first-order valence-electron chi connectivity index (χ1n) is 5.14. The molecule has 1 aromatic carbocycles. The van der Waals surface area contributed by atoms with Gasteiger partial charge in [0, 0.05) is 24.8 Å². The summed E-state index contributed by atoms with van der Waals surface area (Å²) in [6.45, 7) is 2.66. The Morgan fingerprint density at radius 2 is 2.12 bits per heavy atom. The monoisotopic (exact) mass is 235 g/mol. The SMILES string of the molecule is Cc1cn(C)c(NCc2ccccc2Cl)n1. The largest absolute Gasteiger partial charge is 0.352 e. The highest BCUT2D eigenvalue weighted by Crippen LogP contribution is 2.16. The van der Waals surface area contributed by atoms with Crippen molar-refractivity contribution in [2.75, 3.05) is 5.32 Å². The zero-order valence-electron chi connectivity index (χ0n) is 9.37. The molecule has 0 unspecified atom stereocenters. The van der Waals surface area contributed by atoms with Gasteiger partial charge in [-0.3, -0.25) is 0 Å². The summed E-state index contributed by atoms with van der Waals surface area (Å²) in [5.74, 6) is 0.859. The normalized spacial score (nSPS) is 10.4. The van der Waals surface area contributed by atoms with E-state index < -0.39 is 0 Å². The molecule has 0 saturated carbocycles. The van der Waals surface area contributed by atoms with Crippen molar-refractivity contribution in [3.05, 3.63) is 46.7 Å². The number of nitrogens with zero attached hydrogens (tertiary/aromatic N) is 2. The predicted molar refractivity (Wildman–Crippen MR) is 66.7 cm³/mol. The van der Waals surface area contributed by atoms with Gasteiger partial charge in [-0.05, 0) is 18.6 Å². The van der Waals surface area contributed by atoms with Gasteiger partial charge in [-0.2, -0.15) is 0 Å². The number of aryl methyl sites for hydroxylation is 2. The minimum Gasteiger partial charge on any atom is -0.352 e. The van der Waals surface area contributed by atoms with E-state index in [4.69, 9.17) is 11.6 Å². The molecule has 0 spiro atoms. The van der Waals surface area contributed by atoms with Crippen LogP contribution < -0.4 is 5.32 Å². The molecular weight excluding hydrogens is 222 g/mol. The van der Waals surface area contributed by atoms with Gasteiger partial charge in [0.15, 0.2) is 0 Å². The Kier molecular flexibility index (Phi) is 3.15. The Balaban J connectivity index is 2.08. The summed E-state index contributed by atoms with van der Waals surface area (Å²) in [5, 5.41) is 4.04. The topological polar surface area (TPSA) is 29.9 Å². The minimum atomic E-state index is 0.684. The zero-order chi connectivity index (χ0) is 11.5. The maximum atomic E-state index is 6.07. The number of halogens is 1. The summed E-state index contributed by atoms with van der Waals surface area (Å²) in [7, 11) is 1.97. The van der Waals surface area contributed by atoms with Crippen molar-refractivity contribution in [1.82, 2.24) is 9.55 Å². The van der Waals surface area contributed by atoms with E-state index in [1.165, 1.54) is 0 Å². The van der Waals surface area contributed by atoms with Crippen molar-refractivity contribution < 1.29 is 0 Å². The zero-order valence-corrected chi connectivity index (χ0v) is 10.1. The van der Waals surface area contributed by atoms with E-state index in [2.05, 4.69) is 10.3 Å². The van der Waals surface area contributed by atoms with Crippen LogP contribution in [0.2, 0.25) is 5.02 Å². The third-order valence-electron chi connectivity index (χ3n) is 2.39. The second kappa shape index (κ2) is 4.58. The van der Waals surface area contributed by atoms with Crippen LogP contribution in [0, 0.1) is 6.92 Å². The number of nitrogens with one attached hydrogen (secondary N) is 1. The van der Waals surface area contributed by atoms with Crippen LogP contribution in [0.4, 0.5) is 5.95 Å². The van der Waals surface area contributed by atoms with Crippen molar-refractivity contribution in [2.45, 2.75) is 13.5 Å². The quantitative estimate of drug-likeness (QED) is 0.887. The van der Waals surface area contributed by atoms with Gasteiger partial charge in [-0.1, -0.05) is 29.8 Å². The fourth-order valence-electron chi connectivity index (χ4n) is 1.60. The molecule has 0 fully saturated rings. The molecule has 1 N–H and O–H groups in total. The highest BCUT2D eigenvalue weighted by molar-refractivity contribution is 6.31. The van der Waals surface area contributed by atoms with E-state index in [0.717, 1.165) is 22.2 Å². The van der Waals surface area contributed by atoms with Gasteiger partial charge in [0.05, 0.1) is 5.69 Å². The molecule has 0 saturated heterocycles. The average molecular weight is 236 g/mol. The molecular formula is C12H14ClN3. The maximum Gasteiger partial charge on any atom is 0.203 e. The average Bonchev–Trinajstić information content (AvgIpc) is 2.56. The number of imidazole rings is 1. The first kappa shape index (κ1) is 11.0. The summed E-state index contributed by atoms with van der Waals surface area (Å²) in [5.41, 5.74) is 2.08. The summed E-state index contributed by atoms with van der Waals surface area (Å²) in [4.78, 5) is 4.36. The van der Waals surface area contributed by atoms with Gasteiger partial charge in [-0.25, -0.2) is 4.98 Å². The third-order valence-corrected chi connectivity index (χ3v) is 2.76. The number of aromatic nitrogens is 2. The molecule has 1 aromatic heterocycles. The lowest BCUT2D eigenvalue weighted by atomic mass is 10.2. The van der Waals surface area contributed by atoms with Gasteiger partial charge < -0.3 is 9.88 Å². The first-order chi connectivity index (χ1) is 7.66. The molecule has 0 amide bonds. The lowest BCUT2D eigenvalue weighted by Crippen LogP contribution is -2.04. The van der Waals surface area contributed by atoms with Crippen molar-refractivity contribution in [1.29, 1.82) is 0 Å². The molecule has 0 bridgehead atoms. The summed E-state index contributed by atoms with van der Waals surface area (Å²) in [6, 6.07) is 7.80. The Morgan fingerprint density at radius 3 is 2.75 bits per heavy atom. The van der Waals surface area contributed by atoms with Crippen molar-refractivity contribution in [2.24, 2.45) is 7.05 Å². The van der Waals surface area contributed by atoms with Crippen LogP contribution in [0.15, 0.2) is 30.5 Å². The van der Waals surface area contributed by atoms with Crippen LogP contribution in [0.3, 0.4) is 0 Å². The molecule has 0 radical (unpaired) electrons. The molecule has 1 heterocycles. The van der Waals surface area contributed by atoms with Crippen LogP contribution in [0.1, 0.15) is 11.3 Å². The van der Waals surface area contributed by atoms with Crippen LogP contribution in [-0.2, 0) is 13.6 Å². The maximum absolute atomic E-state index is 6.07. The van der Waals surface area contributed by atoms with Crippen LogP contribution in [0.25, 0.3) is 0 Å². The van der Waals surface area contributed by atoms with Crippen molar-refractivity contribution in [3.8, 4) is 0 Å². The number of hydrogen-bond donors (Lipinski definition) is 1. The Hall–Kier alpha value is -1.48. The summed E-state index contributed by atoms with van der Waals surface area (Å²) < 4.78 is 1.96. The molecule has 16 heavy (non-hydrogen) atoms. The number of benzene rings is 1. The summed E-state index contributed by atoms with van der Waals surface area (Å²) >= 11 is 6.07. The first-order valence-corrected chi connectivity index (χ1v) is 5.52. The molecule has 0 aliphatic rings. The van der Waals surface area contributed by atoms with Crippen molar-refractivity contribution >= 4 is 17.5 Å². The highest BCUT2D eigenvalue weighted by atomic mass is 35.5. The number of anilines is 1. The second-order valence-corrected chi connectivity index (χ2v) is 4.17. The number of rotatable bonds is 3. The third kappa shape index (κ3) is 2.36. The minimum absolute atomic E-state index is 0.684. The predicted octanol–water partition coefficient (Wildman–Crippen LogP) is 2.99. The van der Waals surface area contributed by atoms with Crippen LogP contribution >= 0.6 is 11.6 Å². The van der Waals surface area contributed by atoms with Gasteiger partial charge in [-0.15, -0.1) is 0 Å². The molecule has 84 valence electrons. The highest BCUT2D eigenvalue weighted by Gasteiger charge is 2.03. The fraction of sp³-hybridized carbons (Fsp3) is 0.250. The Morgan fingerprint density at radius 1 is 1.38 bits per heavy atom. The Labute approximate surface area is 100 Å². The van der Waals surface area contributed by atoms with E-state index >= 15 is 0 Å². The molecule has 0 aliphatic heterocycles. The Bertz CT molecular complexity index is 491. The molecule has 0 atom stereocenters. The second-order valence-electron chi connectivity index (χ2n) is 3.76. The van der Waals surface area contributed by atoms with Crippen LogP contribution in [-0.4, -0.2) is 9.55 Å². The van der Waals surface area contributed by atoms with E-state index in [0.29, 0.717) is 6.54 Å². The van der Waals surface area contributed by atoms with Gasteiger partial charge in [0.2, 0.25) is 5.95 Å². The van der Waals surface area contributed by atoms with Gasteiger partial charge in [0.25, 0.3) is 0 Å². The van der Waals surface area contributed by atoms with E-state index in [9.17, 15) is 0 Å². The molecule has 4 heteroatoms. The lowest BCUT2D eigenvalue weighted by molar-refractivity contribution is 0.900. The van der Waals surface area contributed by atoms with E-state index in [1.54, 1.807) is 0 Å². The van der Waals surface area contributed by atoms with E-state index in [-0.39, 0.29) is 0 Å². The van der Waals surface area contributed by atoms with Crippen molar-refractivity contribution in [3.63, 3.8) is 0 Å². The standard InChI is InChI=1S/C12H14ClN3/c1-9-8-16(2)12(15-9)14-7-10-5-3-4-6-11(10)13/h3-6,8H,7H2,1-2H3,(H,14,15). The summed E-state index contributed by atoms with van der Waals surface area (Å²) in [6.07, 6.45) is 1.98.